The lowest BCUT2D eigenvalue weighted by Crippen LogP contribution is -2.34. The summed E-state index contributed by atoms with van der Waals surface area (Å²) in [5.74, 6) is 0.0608. The molecule has 0 aliphatic carbocycles. The highest BCUT2D eigenvalue weighted by Gasteiger charge is 2.18. The molecule has 0 unspecified atom stereocenters. The molecule has 2 aromatic rings. The molecule has 1 N–H and O–H groups in total. The van der Waals surface area contributed by atoms with Crippen LogP contribution in [0.5, 0.6) is 0 Å². The molecule has 2 aromatic carbocycles. The van der Waals surface area contributed by atoms with Crippen LogP contribution in [0.4, 0.5) is 0 Å². The number of benzene rings is 2. The first kappa shape index (κ1) is 16.5. The molecule has 3 heteroatoms. The average molecular weight is 320 g/mol. The monoisotopic (exact) mass is 320 g/mol. The summed E-state index contributed by atoms with van der Waals surface area (Å²) >= 11 is 0. The van der Waals surface area contributed by atoms with Crippen molar-refractivity contribution in [2.45, 2.75) is 25.9 Å². The minimum Gasteiger partial charge on any atom is -0.346 e. The fourth-order valence-corrected chi connectivity index (χ4v) is 3.02. The van der Waals surface area contributed by atoms with Crippen LogP contribution < -0.4 is 5.32 Å². The second-order valence-electron chi connectivity index (χ2n) is 6.31. The fourth-order valence-electron chi connectivity index (χ4n) is 3.02. The quantitative estimate of drug-likeness (QED) is 0.911. The van der Waals surface area contributed by atoms with Crippen LogP contribution in [0.2, 0.25) is 0 Å². The molecular weight excluding hydrogens is 296 g/mol. The van der Waals surface area contributed by atoms with E-state index >= 15 is 0 Å². The average Bonchev–Trinajstić information content (AvgIpc) is 2.64. The minimum absolute atomic E-state index is 0.0296. The molecule has 0 saturated heterocycles. The van der Waals surface area contributed by atoms with Gasteiger partial charge in [-0.1, -0.05) is 66.7 Å². The van der Waals surface area contributed by atoms with E-state index in [2.05, 4.69) is 40.6 Å². The summed E-state index contributed by atoms with van der Waals surface area (Å²) in [6, 6.07) is 20.6. The Labute approximate surface area is 144 Å². The molecule has 1 heterocycles. The largest absolute Gasteiger partial charge is 0.346 e. The summed E-state index contributed by atoms with van der Waals surface area (Å²) in [5, 5.41) is 3.10. The third kappa shape index (κ3) is 4.33. The maximum absolute atomic E-state index is 12.4. The van der Waals surface area contributed by atoms with E-state index in [1.807, 2.05) is 43.3 Å². The van der Waals surface area contributed by atoms with Crippen molar-refractivity contribution >= 4 is 5.91 Å². The smallest absolute Gasteiger partial charge is 0.247 e. The SMILES string of the molecule is C[C@@H](NC(=O)C1=CCN(Cc2ccccc2)CC1)c1ccccc1. The van der Waals surface area contributed by atoms with E-state index in [1.165, 1.54) is 5.56 Å². The van der Waals surface area contributed by atoms with Crippen molar-refractivity contribution in [3.05, 3.63) is 83.4 Å². The van der Waals surface area contributed by atoms with Crippen LogP contribution in [-0.2, 0) is 11.3 Å². The van der Waals surface area contributed by atoms with Crippen LogP contribution >= 0.6 is 0 Å². The number of nitrogens with one attached hydrogen (secondary N) is 1. The fraction of sp³-hybridized carbons (Fsp3) is 0.286. The van der Waals surface area contributed by atoms with Gasteiger partial charge >= 0.3 is 0 Å². The first-order valence-electron chi connectivity index (χ1n) is 8.53. The molecule has 124 valence electrons. The Morgan fingerprint density at radius 1 is 1.08 bits per heavy atom. The second-order valence-corrected chi connectivity index (χ2v) is 6.31. The molecule has 1 amide bonds. The van der Waals surface area contributed by atoms with E-state index in [9.17, 15) is 4.79 Å². The van der Waals surface area contributed by atoms with Crippen LogP contribution in [0, 0.1) is 0 Å². The number of carbonyl (C=O) groups excluding carboxylic acids is 1. The van der Waals surface area contributed by atoms with Gasteiger partial charge in [0.05, 0.1) is 6.04 Å². The lowest BCUT2D eigenvalue weighted by Gasteiger charge is -2.26. The van der Waals surface area contributed by atoms with Crippen LogP contribution in [0.1, 0.15) is 30.5 Å². The third-order valence-electron chi connectivity index (χ3n) is 4.48. The summed E-state index contributed by atoms with van der Waals surface area (Å²) in [6.45, 7) is 4.72. The summed E-state index contributed by atoms with van der Waals surface area (Å²) in [4.78, 5) is 14.8. The van der Waals surface area contributed by atoms with Crippen molar-refractivity contribution in [2.24, 2.45) is 0 Å². The molecule has 0 bridgehead atoms. The summed E-state index contributed by atoms with van der Waals surface area (Å²) in [7, 11) is 0. The van der Waals surface area contributed by atoms with Gasteiger partial charge in [-0.2, -0.15) is 0 Å². The van der Waals surface area contributed by atoms with Crippen molar-refractivity contribution in [1.29, 1.82) is 0 Å². The zero-order chi connectivity index (χ0) is 16.8. The molecule has 0 fully saturated rings. The van der Waals surface area contributed by atoms with Gasteiger partial charge in [-0.25, -0.2) is 0 Å². The van der Waals surface area contributed by atoms with Crippen molar-refractivity contribution in [3.8, 4) is 0 Å². The van der Waals surface area contributed by atoms with Crippen molar-refractivity contribution in [1.82, 2.24) is 10.2 Å². The van der Waals surface area contributed by atoms with Gasteiger partial charge in [0.2, 0.25) is 5.91 Å². The number of hydrogen-bond donors (Lipinski definition) is 1. The predicted molar refractivity (Wildman–Crippen MR) is 97.4 cm³/mol. The van der Waals surface area contributed by atoms with E-state index in [-0.39, 0.29) is 11.9 Å². The van der Waals surface area contributed by atoms with E-state index < -0.39 is 0 Å². The van der Waals surface area contributed by atoms with Crippen LogP contribution in [-0.4, -0.2) is 23.9 Å². The molecule has 24 heavy (non-hydrogen) atoms. The Bertz CT molecular complexity index is 694. The standard InChI is InChI=1S/C21H24N2O/c1-17(19-10-6-3-7-11-19)22-21(24)20-12-14-23(15-13-20)16-18-8-4-2-5-9-18/h2-12,17H,13-16H2,1H3,(H,22,24)/t17-/m1/s1. The molecule has 0 aromatic heterocycles. The molecule has 0 saturated carbocycles. The Morgan fingerprint density at radius 3 is 2.38 bits per heavy atom. The molecule has 1 aliphatic rings. The normalized spacial score (nSPS) is 16.3. The molecule has 3 nitrogen and oxygen atoms in total. The minimum atomic E-state index is 0.0296. The highest BCUT2D eigenvalue weighted by atomic mass is 16.1. The molecular formula is C21H24N2O. The molecule has 0 radical (unpaired) electrons. The highest BCUT2D eigenvalue weighted by molar-refractivity contribution is 5.93. The zero-order valence-corrected chi connectivity index (χ0v) is 14.1. The van der Waals surface area contributed by atoms with Crippen molar-refractivity contribution in [2.75, 3.05) is 13.1 Å². The van der Waals surface area contributed by atoms with Crippen LogP contribution in [0.15, 0.2) is 72.3 Å². The lowest BCUT2D eigenvalue weighted by atomic mass is 10.0. The van der Waals surface area contributed by atoms with E-state index in [4.69, 9.17) is 0 Å². The Hall–Kier alpha value is -2.39. The lowest BCUT2D eigenvalue weighted by molar-refractivity contribution is -0.118. The summed E-state index contributed by atoms with van der Waals surface area (Å²) in [6.07, 6.45) is 2.87. The number of carbonyl (C=O) groups is 1. The number of amides is 1. The van der Waals surface area contributed by atoms with Gasteiger partial charge in [0.25, 0.3) is 0 Å². The van der Waals surface area contributed by atoms with Gasteiger partial charge in [-0.05, 0) is 24.5 Å². The maximum Gasteiger partial charge on any atom is 0.247 e. The Kier molecular flexibility index (Phi) is 5.44. The van der Waals surface area contributed by atoms with Gasteiger partial charge < -0.3 is 5.32 Å². The van der Waals surface area contributed by atoms with Gasteiger partial charge in [0, 0.05) is 25.2 Å². The van der Waals surface area contributed by atoms with Crippen LogP contribution in [0.3, 0.4) is 0 Å². The molecule has 0 spiro atoms. The third-order valence-corrected chi connectivity index (χ3v) is 4.48. The Morgan fingerprint density at radius 2 is 1.75 bits per heavy atom. The number of rotatable bonds is 5. The zero-order valence-electron chi connectivity index (χ0n) is 14.1. The van der Waals surface area contributed by atoms with Crippen molar-refractivity contribution < 1.29 is 4.79 Å². The van der Waals surface area contributed by atoms with Crippen molar-refractivity contribution in [3.63, 3.8) is 0 Å². The van der Waals surface area contributed by atoms with Gasteiger partial charge in [-0.3, -0.25) is 9.69 Å². The Balaban J connectivity index is 1.53. The van der Waals surface area contributed by atoms with E-state index in [1.54, 1.807) is 0 Å². The van der Waals surface area contributed by atoms with Gasteiger partial charge in [-0.15, -0.1) is 0 Å². The number of nitrogens with zero attached hydrogens (tertiary/aromatic N) is 1. The first-order valence-corrected chi connectivity index (χ1v) is 8.53. The molecule has 3 rings (SSSR count). The predicted octanol–water partition coefficient (Wildman–Crippen LogP) is 3.70. The van der Waals surface area contributed by atoms with E-state index in [0.29, 0.717) is 0 Å². The van der Waals surface area contributed by atoms with Crippen LogP contribution in [0.25, 0.3) is 0 Å². The molecule has 1 aliphatic heterocycles. The maximum atomic E-state index is 12.4. The molecule has 1 atom stereocenters. The topological polar surface area (TPSA) is 32.3 Å². The van der Waals surface area contributed by atoms with E-state index in [0.717, 1.165) is 37.2 Å². The summed E-state index contributed by atoms with van der Waals surface area (Å²) < 4.78 is 0. The summed E-state index contributed by atoms with van der Waals surface area (Å²) in [5.41, 5.74) is 3.35. The number of hydrogen-bond acceptors (Lipinski definition) is 2. The highest BCUT2D eigenvalue weighted by Crippen LogP contribution is 2.16. The van der Waals surface area contributed by atoms with Gasteiger partial charge in [0.1, 0.15) is 0 Å². The van der Waals surface area contributed by atoms with Gasteiger partial charge in [0.15, 0.2) is 0 Å². The first-order chi connectivity index (χ1) is 11.7. The second kappa shape index (κ2) is 7.93.